The molecule has 0 saturated heterocycles. The number of aromatic nitrogens is 2. The molecule has 1 aromatic rings. The van der Waals surface area contributed by atoms with Crippen LogP contribution >= 0.6 is 0 Å². The van der Waals surface area contributed by atoms with Gasteiger partial charge in [0.1, 0.15) is 0 Å². The fourth-order valence-electron chi connectivity index (χ4n) is 1.37. The minimum Gasteiger partial charge on any atom is -0.282 e. The molecule has 0 aliphatic carbocycles. The Morgan fingerprint density at radius 2 is 2.08 bits per heavy atom. The third-order valence-electron chi connectivity index (χ3n) is 2.92. The molecule has 74 valence electrons. The Bertz CT molecular complexity index is 263. The Labute approximate surface area is 80.7 Å². The Morgan fingerprint density at radius 1 is 1.38 bits per heavy atom. The van der Waals surface area contributed by atoms with Gasteiger partial charge in [0.05, 0.1) is 5.69 Å². The molecule has 13 heavy (non-hydrogen) atoms. The van der Waals surface area contributed by atoms with E-state index in [1.165, 1.54) is 29.8 Å². The maximum atomic E-state index is 4.30. The lowest BCUT2D eigenvalue weighted by Crippen LogP contribution is -1.97. The molecule has 1 heterocycles. The van der Waals surface area contributed by atoms with E-state index in [0.29, 0.717) is 0 Å². The first-order chi connectivity index (χ1) is 6.15. The van der Waals surface area contributed by atoms with Crippen LogP contribution in [-0.4, -0.2) is 10.2 Å². The van der Waals surface area contributed by atoms with E-state index in [4.69, 9.17) is 0 Å². The second kappa shape index (κ2) is 4.45. The van der Waals surface area contributed by atoms with Crippen LogP contribution in [0.3, 0.4) is 0 Å². The van der Waals surface area contributed by atoms with E-state index in [9.17, 15) is 0 Å². The molecule has 0 aliphatic rings. The number of hydrogen-bond donors (Lipinski definition) is 1. The largest absolute Gasteiger partial charge is 0.282 e. The van der Waals surface area contributed by atoms with Crippen LogP contribution in [0.4, 0.5) is 0 Å². The monoisotopic (exact) mass is 180 g/mol. The normalized spacial score (nSPS) is 13.2. The van der Waals surface area contributed by atoms with Crippen molar-refractivity contribution >= 4 is 0 Å². The summed E-state index contributed by atoms with van der Waals surface area (Å²) in [4.78, 5) is 0. The molecule has 1 unspecified atom stereocenters. The summed E-state index contributed by atoms with van der Waals surface area (Å²) in [5, 5.41) is 7.33. The van der Waals surface area contributed by atoms with Crippen LogP contribution in [0.2, 0.25) is 0 Å². The molecular weight excluding hydrogens is 160 g/mol. The zero-order valence-electron chi connectivity index (χ0n) is 9.15. The highest BCUT2D eigenvalue weighted by Crippen LogP contribution is 2.15. The molecule has 1 aromatic heterocycles. The molecule has 0 spiro atoms. The van der Waals surface area contributed by atoms with Crippen molar-refractivity contribution in [1.29, 1.82) is 0 Å². The first-order valence-electron chi connectivity index (χ1n) is 5.15. The molecule has 0 amide bonds. The van der Waals surface area contributed by atoms with Gasteiger partial charge in [-0.25, -0.2) is 0 Å². The summed E-state index contributed by atoms with van der Waals surface area (Å²) in [5.74, 6) is 0.816. The maximum Gasteiger partial charge on any atom is 0.0654 e. The van der Waals surface area contributed by atoms with Crippen LogP contribution < -0.4 is 0 Å². The van der Waals surface area contributed by atoms with Gasteiger partial charge in [-0.3, -0.25) is 5.10 Å². The number of nitrogens with zero attached hydrogens (tertiary/aromatic N) is 1. The van der Waals surface area contributed by atoms with Gasteiger partial charge in [0.25, 0.3) is 0 Å². The van der Waals surface area contributed by atoms with Crippen molar-refractivity contribution in [1.82, 2.24) is 10.2 Å². The summed E-state index contributed by atoms with van der Waals surface area (Å²) in [6, 6.07) is 0. The van der Waals surface area contributed by atoms with Gasteiger partial charge in [0, 0.05) is 5.69 Å². The van der Waals surface area contributed by atoms with Gasteiger partial charge in [-0.1, -0.05) is 20.3 Å². The molecule has 1 rings (SSSR count). The van der Waals surface area contributed by atoms with E-state index in [0.717, 1.165) is 12.3 Å². The van der Waals surface area contributed by atoms with Gasteiger partial charge < -0.3 is 0 Å². The fraction of sp³-hybridized carbons (Fsp3) is 0.727. The van der Waals surface area contributed by atoms with Crippen LogP contribution in [0.15, 0.2) is 0 Å². The van der Waals surface area contributed by atoms with Crippen molar-refractivity contribution < 1.29 is 0 Å². The quantitative estimate of drug-likeness (QED) is 0.758. The van der Waals surface area contributed by atoms with E-state index in [1.54, 1.807) is 0 Å². The SMILES string of the molecule is CCC(C)CCc1n[nH]c(C)c1C. The Balaban J connectivity index is 2.50. The zero-order valence-corrected chi connectivity index (χ0v) is 9.15. The van der Waals surface area contributed by atoms with Crippen molar-refractivity contribution in [2.45, 2.75) is 47.0 Å². The molecule has 0 saturated carbocycles. The fourth-order valence-corrected chi connectivity index (χ4v) is 1.37. The first kappa shape index (κ1) is 10.3. The van der Waals surface area contributed by atoms with Crippen molar-refractivity contribution in [2.24, 2.45) is 5.92 Å². The van der Waals surface area contributed by atoms with Crippen molar-refractivity contribution in [3.63, 3.8) is 0 Å². The van der Waals surface area contributed by atoms with E-state index in [-0.39, 0.29) is 0 Å². The van der Waals surface area contributed by atoms with E-state index < -0.39 is 0 Å². The van der Waals surface area contributed by atoms with Crippen LogP contribution in [0, 0.1) is 19.8 Å². The van der Waals surface area contributed by atoms with Gasteiger partial charge in [-0.2, -0.15) is 5.10 Å². The number of aryl methyl sites for hydroxylation is 2. The lowest BCUT2D eigenvalue weighted by molar-refractivity contribution is 0.512. The van der Waals surface area contributed by atoms with Crippen molar-refractivity contribution in [3.8, 4) is 0 Å². The number of hydrogen-bond acceptors (Lipinski definition) is 1. The van der Waals surface area contributed by atoms with E-state index in [2.05, 4.69) is 37.9 Å². The maximum absolute atomic E-state index is 4.30. The second-order valence-electron chi connectivity index (χ2n) is 3.97. The van der Waals surface area contributed by atoms with Gasteiger partial charge in [-0.15, -0.1) is 0 Å². The third-order valence-corrected chi connectivity index (χ3v) is 2.92. The standard InChI is InChI=1S/C11H20N2/c1-5-8(2)6-7-11-9(3)10(4)12-13-11/h8H,5-7H2,1-4H3,(H,12,13). The molecule has 0 aromatic carbocycles. The lowest BCUT2D eigenvalue weighted by atomic mass is 10.0. The summed E-state index contributed by atoms with van der Waals surface area (Å²) < 4.78 is 0. The topological polar surface area (TPSA) is 28.7 Å². The molecule has 0 fully saturated rings. The van der Waals surface area contributed by atoms with Crippen LogP contribution in [0.1, 0.15) is 43.6 Å². The highest BCUT2D eigenvalue weighted by atomic mass is 15.1. The van der Waals surface area contributed by atoms with Gasteiger partial charge in [0.15, 0.2) is 0 Å². The van der Waals surface area contributed by atoms with Gasteiger partial charge >= 0.3 is 0 Å². The molecule has 1 atom stereocenters. The highest BCUT2D eigenvalue weighted by molar-refractivity contribution is 5.22. The Kier molecular flexibility index (Phi) is 3.52. The summed E-state index contributed by atoms with van der Waals surface area (Å²) in [6.07, 6.45) is 3.63. The predicted molar refractivity (Wildman–Crippen MR) is 55.8 cm³/mol. The van der Waals surface area contributed by atoms with Crippen LogP contribution in [0.25, 0.3) is 0 Å². The van der Waals surface area contributed by atoms with Gasteiger partial charge in [-0.05, 0) is 38.2 Å². The third kappa shape index (κ3) is 2.58. The molecule has 2 nitrogen and oxygen atoms in total. The smallest absolute Gasteiger partial charge is 0.0654 e. The highest BCUT2D eigenvalue weighted by Gasteiger charge is 2.06. The average molecular weight is 180 g/mol. The molecule has 0 aliphatic heterocycles. The lowest BCUT2D eigenvalue weighted by Gasteiger charge is -2.06. The predicted octanol–water partition coefficient (Wildman–Crippen LogP) is 3.01. The minimum absolute atomic E-state index is 0.816. The summed E-state index contributed by atoms with van der Waals surface area (Å²) >= 11 is 0. The van der Waals surface area contributed by atoms with E-state index in [1.807, 2.05) is 0 Å². The number of nitrogens with one attached hydrogen (secondary N) is 1. The van der Waals surface area contributed by atoms with Crippen molar-refractivity contribution in [2.75, 3.05) is 0 Å². The molecule has 1 N–H and O–H groups in total. The second-order valence-corrected chi connectivity index (χ2v) is 3.97. The summed E-state index contributed by atoms with van der Waals surface area (Å²) in [6.45, 7) is 8.77. The zero-order chi connectivity index (χ0) is 9.84. The first-order valence-corrected chi connectivity index (χ1v) is 5.15. The molecule has 0 radical (unpaired) electrons. The average Bonchev–Trinajstić information content (AvgIpc) is 2.44. The van der Waals surface area contributed by atoms with Crippen LogP contribution in [0.5, 0.6) is 0 Å². The number of aromatic amines is 1. The summed E-state index contributed by atoms with van der Waals surface area (Å²) in [5.41, 5.74) is 3.79. The van der Waals surface area contributed by atoms with Gasteiger partial charge in [0.2, 0.25) is 0 Å². The number of H-pyrrole nitrogens is 1. The Morgan fingerprint density at radius 3 is 2.54 bits per heavy atom. The minimum atomic E-state index is 0.816. The van der Waals surface area contributed by atoms with Crippen LogP contribution in [-0.2, 0) is 6.42 Å². The molecular formula is C11H20N2. The Hall–Kier alpha value is -0.790. The van der Waals surface area contributed by atoms with Crippen molar-refractivity contribution in [3.05, 3.63) is 17.0 Å². The van der Waals surface area contributed by atoms with E-state index >= 15 is 0 Å². The molecule has 2 heteroatoms. The number of rotatable bonds is 4. The molecule has 0 bridgehead atoms. The summed E-state index contributed by atoms with van der Waals surface area (Å²) in [7, 11) is 0.